The summed E-state index contributed by atoms with van der Waals surface area (Å²) in [6.07, 6.45) is 2.09. The molecule has 140 valence electrons. The van der Waals surface area contributed by atoms with E-state index in [1.165, 1.54) is 4.90 Å². The number of ether oxygens (including phenoxy) is 2. The summed E-state index contributed by atoms with van der Waals surface area (Å²) in [5.41, 5.74) is 0.790. The Labute approximate surface area is 158 Å². The van der Waals surface area contributed by atoms with Crippen LogP contribution < -0.4 is 14.8 Å². The summed E-state index contributed by atoms with van der Waals surface area (Å²) in [7, 11) is 0. The molecule has 2 fully saturated rings. The smallest absolute Gasteiger partial charge is 0.252 e. The third kappa shape index (κ3) is 3.89. The monoisotopic (exact) mass is 366 g/mol. The number of nitrogens with one attached hydrogen (secondary N) is 1. The number of carbonyl (C=O) groups excluding carboxylic acids is 2. The molecule has 0 spiro atoms. The Morgan fingerprint density at radius 1 is 0.963 bits per heavy atom. The predicted octanol–water partition coefficient (Wildman–Crippen LogP) is 3.58. The first kappa shape index (κ1) is 17.4. The van der Waals surface area contributed by atoms with E-state index in [0.717, 1.165) is 30.0 Å². The van der Waals surface area contributed by atoms with Gasteiger partial charge in [-0.25, -0.2) is 0 Å². The molecule has 1 saturated carbocycles. The van der Waals surface area contributed by atoms with Gasteiger partial charge in [-0.05, 0) is 68.3 Å². The van der Waals surface area contributed by atoms with Gasteiger partial charge in [-0.3, -0.25) is 14.5 Å². The van der Waals surface area contributed by atoms with Gasteiger partial charge in [-0.1, -0.05) is 0 Å². The van der Waals surface area contributed by atoms with Crippen LogP contribution in [-0.2, 0) is 9.59 Å². The molecule has 2 aliphatic rings. The van der Waals surface area contributed by atoms with Crippen molar-refractivity contribution in [1.29, 1.82) is 0 Å². The van der Waals surface area contributed by atoms with E-state index in [1.54, 1.807) is 0 Å². The first-order valence-corrected chi connectivity index (χ1v) is 9.27. The fourth-order valence-electron chi connectivity index (χ4n) is 3.21. The largest absolute Gasteiger partial charge is 0.494 e. The molecular formula is C21H22N2O4. The van der Waals surface area contributed by atoms with Crippen LogP contribution in [0.5, 0.6) is 17.2 Å². The predicted molar refractivity (Wildman–Crippen MR) is 101 cm³/mol. The van der Waals surface area contributed by atoms with Crippen LogP contribution in [-0.4, -0.2) is 35.4 Å². The maximum atomic E-state index is 12.4. The van der Waals surface area contributed by atoms with Gasteiger partial charge in [0.15, 0.2) is 0 Å². The summed E-state index contributed by atoms with van der Waals surface area (Å²) in [5.74, 6) is 2.03. The van der Waals surface area contributed by atoms with Crippen molar-refractivity contribution >= 4 is 17.5 Å². The molecule has 1 saturated heterocycles. The zero-order valence-electron chi connectivity index (χ0n) is 15.2. The molecule has 6 nitrogen and oxygen atoms in total. The van der Waals surface area contributed by atoms with E-state index in [-0.39, 0.29) is 24.3 Å². The molecule has 0 bridgehead atoms. The van der Waals surface area contributed by atoms with Crippen molar-refractivity contribution in [2.45, 2.75) is 38.3 Å². The van der Waals surface area contributed by atoms with E-state index in [9.17, 15) is 9.59 Å². The molecule has 1 atom stereocenters. The van der Waals surface area contributed by atoms with Crippen molar-refractivity contribution in [3.05, 3.63) is 48.5 Å². The second kappa shape index (κ2) is 7.31. The number of imide groups is 1. The number of rotatable bonds is 7. The zero-order chi connectivity index (χ0) is 18.8. The number of hydrogen-bond acceptors (Lipinski definition) is 5. The fourth-order valence-corrected chi connectivity index (χ4v) is 3.21. The number of anilines is 1. The second-order valence-electron chi connectivity index (χ2n) is 6.77. The average molecular weight is 366 g/mol. The normalized spacial score (nSPS) is 19.3. The molecule has 1 aliphatic carbocycles. The van der Waals surface area contributed by atoms with Gasteiger partial charge in [0.2, 0.25) is 5.91 Å². The van der Waals surface area contributed by atoms with Gasteiger partial charge in [-0.15, -0.1) is 0 Å². The van der Waals surface area contributed by atoms with Crippen molar-refractivity contribution in [2.24, 2.45) is 0 Å². The highest BCUT2D eigenvalue weighted by Crippen LogP contribution is 2.32. The first-order chi connectivity index (χ1) is 13.1. The van der Waals surface area contributed by atoms with E-state index in [0.29, 0.717) is 12.4 Å². The highest BCUT2D eigenvalue weighted by molar-refractivity contribution is 6.07. The van der Waals surface area contributed by atoms with Crippen LogP contribution in [0.2, 0.25) is 0 Å². The maximum absolute atomic E-state index is 12.4. The molecule has 6 heteroatoms. The molecule has 0 radical (unpaired) electrons. The Bertz CT molecular complexity index is 828. The molecule has 0 aromatic heterocycles. The summed E-state index contributed by atoms with van der Waals surface area (Å²) in [6, 6.07) is 14.4. The van der Waals surface area contributed by atoms with Crippen molar-refractivity contribution < 1.29 is 19.1 Å². The molecular weight excluding hydrogens is 344 g/mol. The number of carbonyl (C=O) groups is 2. The number of likely N-dealkylation sites (tertiary alicyclic amines) is 1. The van der Waals surface area contributed by atoms with E-state index < -0.39 is 6.04 Å². The molecule has 2 aromatic carbocycles. The van der Waals surface area contributed by atoms with Gasteiger partial charge in [0.25, 0.3) is 5.91 Å². The van der Waals surface area contributed by atoms with E-state index >= 15 is 0 Å². The van der Waals surface area contributed by atoms with Crippen LogP contribution in [0.1, 0.15) is 26.2 Å². The molecule has 1 N–H and O–H groups in total. The van der Waals surface area contributed by atoms with Crippen molar-refractivity contribution in [3.8, 4) is 17.2 Å². The SMILES string of the molecule is CCOc1ccc(Oc2ccc(N[C@@H]3CC(=O)N(C4CC4)C3=O)cc2)cc1. The van der Waals surface area contributed by atoms with Gasteiger partial charge < -0.3 is 14.8 Å². The van der Waals surface area contributed by atoms with Gasteiger partial charge in [0, 0.05) is 11.7 Å². The lowest BCUT2D eigenvalue weighted by atomic mass is 10.2. The summed E-state index contributed by atoms with van der Waals surface area (Å²) in [5, 5.41) is 3.16. The number of nitrogens with zero attached hydrogens (tertiary/aromatic N) is 1. The summed E-state index contributed by atoms with van der Waals surface area (Å²) < 4.78 is 11.2. The van der Waals surface area contributed by atoms with Crippen LogP contribution in [0.4, 0.5) is 5.69 Å². The maximum Gasteiger partial charge on any atom is 0.252 e. The minimum atomic E-state index is -0.476. The molecule has 1 aliphatic heterocycles. The van der Waals surface area contributed by atoms with Crippen LogP contribution >= 0.6 is 0 Å². The Kier molecular flexibility index (Phi) is 4.71. The minimum absolute atomic E-state index is 0.0737. The molecule has 1 heterocycles. The third-order valence-corrected chi connectivity index (χ3v) is 4.66. The number of amides is 2. The second-order valence-corrected chi connectivity index (χ2v) is 6.77. The van der Waals surface area contributed by atoms with Gasteiger partial charge in [0.1, 0.15) is 23.3 Å². The van der Waals surface area contributed by atoms with Crippen molar-refractivity contribution in [3.63, 3.8) is 0 Å². The third-order valence-electron chi connectivity index (χ3n) is 4.66. The van der Waals surface area contributed by atoms with Crippen LogP contribution in [0.25, 0.3) is 0 Å². The van der Waals surface area contributed by atoms with Crippen LogP contribution in [0.3, 0.4) is 0 Å². The van der Waals surface area contributed by atoms with Gasteiger partial charge in [-0.2, -0.15) is 0 Å². The highest BCUT2D eigenvalue weighted by atomic mass is 16.5. The van der Waals surface area contributed by atoms with E-state index in [2.05, 4.69) is 5.32 Å². The molecule has 0 unspecified atom stereocenters. The molecule has 2 aromatic rings. The lowest BCUT2D eigenvalue weighted by molar-refractivity contribution is -0.139. The van der Waals surface area contributed by atoms with Crippen molar-refractivity contribution in [2.75, 3.05) is 11.9 Å². The highest BCUT2D eigenvalue weighted by Gasteiger charge is 2.46. The van der Waals surface area contributed by atoms with Gasteiger partial charge >= 0.3 is 0 Å². The van der Waals surface area contributed by atoms with Gasteiger partial charge in [0.05, 0.1) is 13.0 Å². The van der Waals surface area contributed by atoms with E-state index in [4.69, 9.17) is 9.47 Å². The molecule has 2 amide bonds. The summed E-state index contributed by atoms with van der Waals surface area (Å²) >= 11 is 0. The fraction of sp³-hybridized carbons (Fsp3) is 0.333. The minimum Gasteiger partial charge on any atom is -0.494 e. The number of hydrogen-bond donors (Lipinski definition) is 1. The Morgan fingerprint density at radius 2 is 1.56 bits per heavy atom. The van der Waals surface area contributed by atoms with Crippen molar-refractivity contribution in [1.82, 2.24) is 4.90 Å². The summed E-state index contributed by atoms with van der Waals surface area (Å²) in [4.78, 5) is 25.8. The Hall–Kier alpha value is -3.02. The first-order valence-electron chi connectivity index (χ1n) is 9.27. The lowest BCUT2D eigenvalue weighted by Crippen LogP contribution is -2.36. The topological polar surface area (TPSA) is 67.9 Å². The molecule has 27 heavy (non-hydrogen) atoms. The number of benzene rings is 2. The standard InChI is InChI=1S/C21H22N2O4/c1-2-26-16-9-11-18(12-10-16)27-17-7-3-14(4-8-17)22-19-13-20(24)23(21(19)25)15-5-6-15/h3-4,7-12,15,19,22H,2,5-6,13H2,1H3/t19-/m1/s1. The molecule has 4 rings (SSSR count). The zero-order valence-corrected chi connectivity index (χ0v) is 15.2. The quantitative estimate of drug-likeness (QED) is 0.759. The van der Waals surface area contributed by atoms with Crippen LogP contribution in [0, 0.1) is 0 Å². The lowest BCUT2D eigenvalue weighted by Gasteiger charge is -2.15. The Morgan fingerprint density at radius 3 is 2.15 bits per heavy atom. The summed E-state index contributed by atoms with van der Waals surface area (Å²) in [6.45, 7) is 2.57. The van der Waals surface area contributed by atoms with Crippen LogP contribution in [0.15, 0.2) is 48.5 Å². The Balaban J connectivity index is 1.36. The average Bonchev–Trinajstić information content (AvgIpc) is 3.45. The van der Waals surface area contributed by atoms with E-state index in [1.807, 2.05) is 55.5 Å².